The Kier molecular flexibility index (Phi) is 7.27. The predicted octanol–water partition coefficient (Wildman–Crippen LogP) is 2.01. The van der Waals surface area contributed by atoms with Gasteiger partial charge in [-0.2, -0.15) is 0 Å². The Bertz CT molecular complexity index is 819. The first-order valence-corrected chi connectivity index (χ1v) is 9.76. The molecule has 5 N–H and O–H groups in total. The smallest absolute Gasteiger partial charge is 0.318 e. The minimum absolute atomic E-state index is 0.0831. The number of nitrogens with one attached hydrogen (secondary N) is 1. The summed E-state index contributed by atoms with van der Waals surface area (Å²) in [4.78, 5) is 23.1. The molecule has 0 radical (unpaired) electrons. The van der Waals surface area contributed by atoms with Gasteiger partial charge in [-0.1, -0.05) is 51.6 Å². The molecule has 0 aliphatic rings. The van der Waals surface area contributed by atoms with Gasteiger partial charge in [0.25, 0.3) is 0 Å². The summed E-state index contributed by atoms with van der Waals surface area (Å²) in [5.74, 6) is 7.02. The number of hydrogen-bond acceptors (Lipinski definition) is 7. The van der Waals surface area contributed by atoms with Crippen molar-refractivity contribution in [2.24, 2.45) is 11.7 Å². The van der Waals surface area contributed by atoms with E-state index in [0.717, 1.165) is 11.8 Å². The normalized spacial score (nSPS) is 12.2. The fraction of sp³-hybridized carbons (Fsp3) is 0.444. The van der Waals surface area contributed by atoms with Gasteiger partial charge < -0.3 is 16.3 Å². The van der Waals surface area contributed by atoms with Crippen molar-refractivity contribution in [1.29, 1.82) is 0 Å². The maximum atomic E-state index is 12.1. The van der Waals surface area contributed by atoms with Crippen LogP contribution >= 0.6 is 11.8 Å². The van der Waals surface area contributed by atoms with Crippen LogP contribution in [-0.2, 0) is 11.4 Å². The standard InChI is InChI=1S/C18H26N6O3S/c1-10(2)12-5-7-13(8-6-12)27-9-14-22-23-18(24(14)20)28-15(11(3)4)16(25)21-17(19)26/h5-8,10-11,15H,9,20H2,1-4H3,(H3,19,21,25,26). The molecule has 1 aromatic carbocycles. The highest BCUT2D eigenvalue weighted by atomic mass is 32.2. The molecule has 1 atom stereocenters. The Hall–Kier alpha value is -2.75. The quantitative estimate of drug-likeness (QED) is 0.450. The number of thioether (sulfide) groups is 1. The number of aromatic nitrogens is 3. The number of hydrogen-bond donors (Lipinski definition) is 3. The van der Waals surface area contributed by atoms with Crippen LogP contribution in [0.5, 0.6) is 5.75 Å². The Morgan fingerprint density at radius 1 is 1.18 bits per heavy atom. The van der Waals surface area contributed by atoms with Crippen LogP contribution in [0.2, 0.25) is 0 Å². The summed E-state index contributed by atoms with van der Waals surface area (Å²) in [6.07, 6.45) is 0. The van der Waals surface area contributed by atoms with Gasteiger partial charge in [0.1, 0.15) is 12.4 Å². The molecule has 152 valence electrons. The van der Waals surface area contributed by atoms with Gasteiger partial charge in [0.05, 0.1) is 5.25 Å². The molecule has 0 fully saturated rings. The van der Waals surface area contributed by atoms with Crippen LogP contribution in [0, 0.1) is 5.92 Å². The SMILES string of the molecule is CC(C)c1ccc(OCc2nnc(SC(C(=O)NC(N)=O)C(C)C)n2N)cc1. The Morgan fingerprint density at radius 3 is 2.36 bits per heavy atom. The lowest BCUT2D eigenvalue weighted by atomic mass is 10.0. The highest BCUT2D eigenvalue weighted by Gasteiger charge is 2.27. The van der Waals surface area contributed by atoms with E-state index in [2.05, 4.69) is 29.4 Å². The molecule has 0 saturated carbocycles. The van der Waals surface area contributed by atoms with Gasteiger partial charge in [0.15, 0.2) is 5.82 Å². The fourth-order valence-corrected chi connectivity index (χ4v) is 3.35. The lowest BCUT2D eigenvalue weighted by molar-refractivity contribution is -0.120. The number of rotatable bonds is 8. The van der Waals surface area contributed by atoms with E-state index in [-0.39, 0.29) is 12.5 Å². The van der Waals surface area contributed by atoms with Crippen LogP contribution < -0.4 is 21.6 Å². The number of carbonyl (C=O) groups is 2. The molecule has 0 spiro atoms. The van der Waals surface area contributed by atoms with E-state index in [4.69, 9.17) is 16.3 Å². The molecule has 2 rings (SSSR count). The molecule has 9 nitrogen and oxygen atoms in total. The van der Waals surface area contributed by atoms with Gasteiger partial charge in [-0.15, -0.1) is 10.2 Å². The molecule has 0 aliphatic heterocycles. The van der Waals surface area contributed by atoms with Crippen LogP contribution in [-0.4, -0.2) is 32.1 Å². The number of nitrogens with zero attached hydrogens (tertiary/aromatic N) is 3. The molecule has 0 saturated heterocycles. The topological polar surface area (TPSA) is 138 Å². The summed E-state index contributed by atoms with van der Waals surface area (Å²) in [6.45, 7) is 8.08. The van der Waals surface area contributed by atoms with Crippen molar-refractivity contribution in [3.8, 4) is 5.75 Å². The maximum absolute atomic E-state index is 12.1. The van der Waals surface area contributed by atoms with Crippen LogP contribution in [0.25, 0.3) is 0 Å². The molecule has 3 amide bonds. The molecule has 1 unspecified atom stereocenters. The maximum Gasteiger partial charge on any atom is 0.318 e. The van der Waals surface area contributed by atoms with Gasteiger partial charge >= 0.3 is 6.03 Å². The van der Waals surface area contributed by atoms with Gasteiger partial charge in [0, 0.05) is 0 Å². The summed E-state index contributed by atoms with van der Waals surface area (Å²) in [5, 5.41) is 9.88. The highest BCUT2D eigenvalue weighted by molar-refractivity contribution is 8.00. The van der Waals surface area contributed by atoms with Crippen molar-refractivity contribution in [2.45, 2.75) is 50.6 Å². The zero-order valence-electron chi connectivity index (χ0n) is 16.4. The third-order valence-corrected chi connectivity index (χ3v) is 5.49. The van der Waals surface area contributed by atoms with Crippen LogP contribution in [0.1, 0.15) is 45.0 Å². The molecule has 2 aromatic rings. The van der Waals surface area contributed by atoms with E-state index in [1.165, 1.54) is 10.2 Å². The number of imide groups is 1. The predicted molar refractivity (Wildman–Crippen MR) is 107 cm³/mol. The first-order valence-electron chi connectivity index (χ1n) is 8.88. The van der Waals surface area contributed by atoms with Crippen molar-refractivity contribution in [3.05, 3.63) is 35.7 Å². The number of primary amides is 1. The minimum atomic E-state index is -0.900. The molecule has 1 aromatic heterocycles. The van der Waals surface area contributed by atoms with E-state index in [9.17, 15) is 9.59 Å². The average molecular weight is 407 g/mol. The second-order valence-corrected chi connectivity index (χ2v) is 8.03. The fourth-order valence-electron chi connectivity index (χ4n) is 2.38. The summed E-state index contributed by atoms with van der Waals surface area (Å²) < 4.78 is 7.00. The van der Waals surface area contributed by atoms with Crippen molar-refractivity contribution in [1.82, 2.24) is 20.2 Å². The van der Waals surface area contributed by atoms with Crippen LogP contribution in [0.4, 0.5) is 4.79 Å². The molecule has 1 heterocycles. The lowest BCUT2D eigenvalue weighted by Gasteiger charge is -2.17. The number of ether oxygens (including phenoxy) is 1. The first kappa shape index (κ1) is 21.5. The molecular formula is C18H26N6O3S. The summed E-state index contributed by atoms with van der Waals surface area (Å²) in [5.41, 5.74) is 6.25. The number of nitrogen functional groups attached to an aromatic ring is 1. The van der Waals surface area contributed by atoms with E-state index in [0.29, 0.717) is 22.6 Å². The molecule has 0 aliphatic carbocycles. The molecule has 0 bridgehead atoms. The number of amides is 3. The van der Waals surface area contributed by atoms with E-state index in [1.807, 2.05) is 38.1 Å². The number of carbonyl (C=O) groups excluding carboxylic acids is 2. The van der Waals surface area contributed by atoms with Crippen LogP contribution in [0.3, 0.4) is 0 Å². The van der Waals surface area contributed by atoms with Gasteiger partial charge in [-0.25, -0.2) is 9.47 Å². The van der Waals surface area contributed by atoms with Gasteiger partial charge in [-0.3, -0.25) is 10.1 Å². The Morgan fingerprint density at radius 2 is 1.82 bits per heavy atom. The largest absolute Gasteiger partial charge is 0.486 e. The van der Waals surface area contributed by atoms with Crippen molar-refractivity contribution < 1.29 is 14.3 Å². The number of benzene rings is 1. The summed E-state index contributed by atoms with van der Waals surface area (Å²) >= 11 is 1.11. The Balaban J connectivity index is 2.03. The van der Waals surface area contributed by atoms with Crippen molar-refractivity contribution in [3.63, 3.8) is 0 Å². The Labute approximate surface area is 168 Å². The molecule has 10 heteroatoms. The van der Waals surface area contributed by atoms with Gasteiger partial charge in [0.2, 0.25) is 11.1 Å². The van der Waals surface area contributed by atoms with E-state index >= 15 is 0 Å². The highest BCUT2D eigenvalue weighted by Crippen LogP contribution is 2.27. The van der Waals surface area contributed by atoms with Gasteiger partial charge in [-0.05, 0) is 29.5 Å². The van der Waals surface area contributed by atoms with Crippen LogP contribution in [0.15, 0.2) is 29.4 Å². The third-order valence-electron chi connectivity index (χ3n) is 3.99. The van der Waals surface area contributed by atoms with Crippen molar-refractivity contribution in [2.75, 3.05) is 5.84 Å². The van der Waals surface area contributed by atoms with E-state index in [1.54, 1.807) is 0 Å². The first-order chi connectivity index (χ1) is 13.2. The average Bonchev–Trinajstić information content (AvgIpc) is 2.97. The van der Waals surface area contributed by atoms with E-state index < -0.39 is 17.2 Å². The number of urea groups is 1. The zero-order chi connectivity index (χ0) is 20.8. The lowest BCUT2D eigenvalue weighted by Crippen LogP contribution is -2.42. The molecule has 28 heavy (non-hydrogen) atoms. The monoisotopic (exact) mass is 406 g/mol. The summed E-state index contributed by atoms with van der Waals surface area (Å²) in [7, 11) is 0. The zero-order valence-corrected chi connectivity index (χ0v) is 17.2. The molecular weight excluding hydrogens is 380 g/mol. The second kappa shape index (κ2) is 9.45. The summed E-state index contributed by atoms with van der Waals surface area (Å²) in [6, 6.07) is 6.91. The third kappa shape index (κ3) is 5.62. The minimum Gasteiger partial charge on any atom is -0.486 e. The number of nitrogens with two attached hydrogens (primary N) is 2. The van der Waals surface area contributed by atoms with Crippen molar-refractivity contribution >= 4 is 23.7 Å². The second-order valence-electron chi connectivity index (χ2n) is 6.92.